The highest BCUT2D eigenvalue weighted by Gasteiger charge is 2.54. The van der Waals surface area contributed by atoms with Gasteiger partial charge in [0, 0.05) is 33.7 Å². The SMILES string of the molecule is c1ccc(N(c2ccc3c(c2)-c2ccccc2C32c3ccccc3-c3ccccc32)c2cccc3c2-c2ccccc2C32c3ccccc3-c3c2cc(N(c2ccccc2)c2ccccc2)c2ccccc32)cc1. The van der Waals surface area contributed by atoms with E-state index in [4.69, 9.17) is 0 Å². The Morgan fingerprint density at radius 3 is 1.12 bits per heavy atom. The summed E-state index contributed by atoms with van der Waals surface area (Å²) in [6.07, 6.45) is 0. The second-order valence-corrected chi connectivity index (χ2v) is 20.2. The van der Waals surface area contributed by atoms with Gasteiger partial charge in [0.15, 0.2) is 0 Å². The minimum Gasteiger partial charge on any atom is -0.310 e. The van der Waals surface area contributed by atoms with E-state index >= 15 is 0 Å². The van der Waals surface area contributed by atoms with Gasteiger partial charge >= 0.3 is 0 Å². The number of hydrogen-bond acceptors (Lipinski definition) is 2. The first kappa shape index (κ1) is 41.2. The van der Waals surface area contributed by atoms with E-state index in [0.29, 0.717) is 0 Å². The summed E-state index contributed by atoms with van der Waals surface area (Å²) in [6, 6.07) is 104. The number of nitrogens with zero attached hydrogens (tertiary/aromatic N) is 2. The zero-order valence-corrected chi connectivity index (χ0v) is 40.5. The molecule has 2 spiro atoms. The van der Waals surface area contributed by atoms with Gasteiger partial charge in [-0.1, -0.05) is 218 Å². The van der Waals surface area contributed by atoms with Crippen LogP contribution in [0.15, 0.2) is 279 Å². The third-order valence-corrected chi connectivity index (χ3v) is 16.8. The summed E-state index contributed by atoms with van der Waals surface area (Å²) in [5, 5.41) is 2.46. The lowest BCUT2D eigenvalue weighted by Gasteiger charge is -2.34. The predicted octanol–water partition coefficient (Wildman–Crippen LogP) is 18.5. The summed E-state index contributed by atoms with van der Waals surface area (Å²) in [5.41, 5.74) is 26.6. The smallest absolute Gasteiger partial charge is 0.0727 e. The maximum atomic E-state index is 2.54. The van der Waals surface area contributed by atoms with Gasteiger partial charge in [0.05, 0.1) is 22.2 Å². The fraction of sp³-hybridized carbons (Fsp3) is 0.0278. The van der Waals surface area contributed by atoms with Gasteiger partial charge in [-0.2, -0.15) is 0 Å². The Balaban J connectivity index is 0.967. The van der Waals surface area contributed by atoms with Crippen LogP contribution in [-0.2, 0) is 10.8 Å². The molecule has 1 unspecified atom stereocenters. The van der Waals surface area contributed by atoms with Crippen LogP contribution in [0.5, 0.6) is 0 Å². The third-order valence-electron chi connectivity index (χ3n) is 16.8. The monoisotopic (exact) mass is 938 g/mol. The predicted molar refractivity (Wildman–Crippen MR) is 306 cm³/mol. The molecule has 344 valence electrons. The van der Waals surface area contributed by atoms with Crippen molar-refractivity contribution in [3.05, 3.63) is 324 Å². The Hall–Kier alpha value is -9.50. The fourth-order valence-corrected chi connectivity index (χ4v) is 14.2. The second-order valence-electron chi connectivity index (χ2n) is 20.2. The molecule has 0 fully saturated rings. The summed E-state index contributed by atoms with van der Waals surface area (Å²) in [6.45, 7) is 0. The second kappa shape index (κ2) is 15.5. The van der Waals surface area contributed by atoms with Crippen molar-refractivity contribution < 1.29 is 0 Å². The molecule has 0 N–H and O–H groups in total. The number of anilines is 6. The van der Waals surface area contributed by atoms with Crippen molar-refractivity contribution in [1.82, 2.24) is 0 Å². The average molecular weight is 939 g/mol. The van der Waals surface area contributed by atoms with Crippen molar-refractivity contribution in [1.29, 1.82) is 0 Å². The van der Waals surface area contributed by atoms with E-state index in [1.807, 2.05) is 0 Å². The van der Waals surface area contributed by atoms with Crippen molar-refractivity contribution in [3.8, 4) is 44.5 Å². The van der Waals surface area contributed by atoms with Crippen molar-refractivity contribution >= 4 is 44.9 Å². The third kappa shape index (κ3) is 5.28. The van der Waals surface area contributed by atoms with Crippen LogP contribution < -0.4 is 9.80 Å². The number of hydrogen-bond donors (Lipinski definition) is 0. The molecular weight excluding hydrogens is 893 g/mol. The van der Waals surface area contributed by atoms with Crippen LogP contribution in [0.1, 0.15) is 44.5 Å². The first-order valence-corrected chi connectivity index (χ1v) is 25.8. The summed E-state index contributed by atoms with van der Waals surface area (Å²) < 4.78 is 0. The van der Waals surface area contributed by atoms with Crippen molar-refractivity contribution in [2.75, 3.05) is 9.80 Å². The minimum atomic E-state index is -0.624. The van der Waals surface area contributed by atoms with E-state index in [9.17, 15) is 0 Å². The molecule has 2 nitrogen and oxygen atoms in total. The zero-order chi connectivity index (χ0) is 48.5. The topological polar surface area (TPSA) is 6.48 Å². The Bertz CT molecular complexity index is 4190. The lowest BCUT2D eigenvalue weighted by Crippen LogP contribution is -2.26. The van der Waals surface area contributed by atoms with Gasteiger partial charge in [0.1, 0.15) is 0 Å². The quantitative estimate of drug-likeness (QED) is 0.164. The highest BCUT2D eigenvalue weighted by molar-refractivity contribution is 6.13. The molecule has 12 aromatic carbocycles. The Morgan fingerprint density at radius 1 is 0.203 bits per heavy atom. The summed E-state index contributed by atoms with van der Waals surface area (Å²) >= 11 is 0. The Morgan fingerprint density at radius 2 is 0.581 bits per heavy atom. The van der Waals surface area contributed by atoms with Gasteiger partial charge < -0.3 is 9.80 Å². The van der Waals surface area contributed by atoms with Crippen molar-refractivity contribution in [3.63, 3.8) is 0 Å². The normalized spacial score (nSPS) is 15.2. The lowest BCUT2D eigenvalue weighted by atomic mass is 9.70. The van der Waals surface area contributed by atoms with Crippen LogP contribution in [-0.4, -0.2) is 0 Å². The van der Waals surface area contributed by atoms with Crippen LogP contribution in [0.25, 0.3) is 55.3 Å². The minimum absolute atomic E-state index is 0.419. The van der Waals surface area contributed by atoms with E-state index < -0.39 is 10.8 Å². The molecule has 74 heavy (non-hydrogen) atoms. The molecule has 0 radical (unpaired) electrons. The maximum absolute atomic E-state index is 2.54. The molecule has 4 aliphatic rings. The molecule has 0 aromatic heterocycles. The van der Waals surface area contributed by atoms with Gasteiger partial charge in [-0.25, -0.2) is 0 Å². The molecule has 0 saturated carbocycles. The van der Waals surface area contributed by atoms with Crippen molar-refractivity contribution in [2.24, 2.45) is 0 Å². The summed E-state index contributed by atoms with van der Waals surface area (Å²) in [7, 11) is 0. The molecule has 1 atom stereocenters. The molecule has 0 bridgehead atoms. The molecule has 12 aromatic rings. The van der Waals surface area contributed by atoms with E-state index in [2.05, 4.69) is 289 Å². The average Bonchev–Trinajstić information content (AvgIpc) is 4.16. The first-order chi connectivity index (χ1) is 36.8. The van der Waals surface area contributed by atoms with E-state index in [1.165, 1.54) is 99.8 Å². The molecular formula is C72H46N2. The number of fused-ring (bicyclic) bond motifs is 22. The van der Waals surface area contributed by atoms with Gasteiger partial charge in [-0.3, -0.25) is 0 Å². The van der Waals surface area contributed by atoms with Gasteiger partial charge in [0.25, 0.3) is 0 Å². The van der Waals surface area contributed by atoms with Crippen molar-refractivity contribution in [2.45, 2.75) is 10.8 Å². The highest BCUT2D eigenvalue weighted by atomic mass is 15.2. The summed E-state index contributed by atoms with van der Waals surface area (Å²) in [4.78, 5) is 4.98. The first-order valence-electron chi connectivity index (χ1n) is 25.8. The molecule has 0 aliphatic heterocycles. The fourth-order valence-electron chi connectivity index (χ4n) is 14.2. The summed E-state index contributed by atoms with van der Waals surface area (Å²) in [5.74, 6) is 0. The van der Waals surface area contributed by atoms with Gasteiger partial charge in [-0.15, -0.1) is 0 Å². The maximum Gasteiger partial charge on any atom is 0.0727 e. The molecule has 4 aliphatic carbocycles. The Labute approximate surface area is 431 Å². The Kier molecular flexibility index (Phi) is 8.62. The highest BCUT2D eigenvalue weighted by Crippen LogP contribution is 2.68. The zero-order valence-electron chi connectivity index (χ0n) is 40.5. The van der Waals surface area contributed by atoms with Crippen LogP contribution in [0.3, 0.4) is 0 Å². The lowest BCUT2D eigenvalue weighted by molar-refractivity contribution is 0.793. The number of benzene rings is 12. The van der Waals surface area contributed by atoms with E-state index in [0.717, 1.165) is 34.1 Å². The van der Waals surface area contributed by atoms with Crippen LogP contribution >= 0.6 is 0 Å². The largest absolute Gasteiger partial charge is 0.310 e. The van der Waals surface area contributed by atoms with Gasteiger partial charge in [0.2, 0.25) is 0 Å². The van der Waals surface area contributed by atoms with Crippen LogP contribution in [0.4, 0.5) is 34.1 Å². The van der Waals surface area contributed by atoms with Crippen LogP contribution in [0, 0.1) is 0 Å². The molecule has 0 amide bonds. The molecule has 16 rings (SSSR count). The van der Waals surface area contributed by atoms with E-state index in [-0.39, 0.29) is 0 Å². The molecule has 2 heteroatoms. The van der Waals surface area contributed by atoms with Crippen LogP contribution in [0.2, 0.25) is 0 Å². The number of para-hydroxylation sites is 3. The van der Waals surface area contributed by atoms with Gasteiger partial charge in [-0.05, 0) is 150 Å². The van der Waals surface area contributed by atoms with E-state index in [1.54, 1.807) is 0 Å². The molecule has 0 saturated heterocycles. The molecule has 0 heterocycles. The standard InChI is InChI=1S/C72H46N2/c1-4-23-47(24-5-1)73(48-25-6-2-7-26-48)68-46-66-69(55-33-11-10-32-54(55)68)56-34-15-20-39-62(56)72(66)63-40-21-16-35-57(63)70-65(72)41-22-42-67(70)74(49-27-8-3-9-28-49)50-43-44-64-58(45-50)53-31-14-19-38-61(53)71(64)59-36-17-12-29-51(59)52-30-13-18-37-60(52)71/h1-46H. The number of rotatable bonds is 6.